The lowest BCUT2D eigenvalue weighted by molar-refractivity contribution is 0.0925. The van der Waals surface area contributed by atoms with Gasteiger partial charge < -0.3 is 5.32 Å². The molecule has 3 nitrogen and oxygen atoms in total. The van der Waals surface area contributed by atoms with Crippen LogP contribution in [0.2, 0.25) is 10.2 Å². The van der Waals surface area contributed by atoms with Crippen LogP contribution in [0.3, 0.4) is 0 Å². The number of nitrogens with one attached hydrogen (secondary N) is 1. The van der Waals surface area contributed by atoms with Crippen LogP contribution in [0.4, 0.5) is 0 Å². The van der Waals surface area contributed by atoms with E-state index in [1.54, 1.807) is 12.1 Å². The SMILES string of the molecule is CC(C)C(C)NC(=O)c1nc(Cl)ccc1Cl. The Kier molecular flexibility index (Phi) is 4.56. The van der Waals surface area contributed by atoms with Crippen molar-refractivity contribution in [1.29, 1.82) is 0 Å². The minimum Gasteiger partial charge on any atom is -0.348 e. The molecule has 5 heteroatoms. The van der Waals surface area contributed by atoms with Crippen molar-refractivity contribution in [3.8, 4) is 0 Å². The molecule has 0 radical (unpaired) electrons. The number of halogens is 2. The Morgan fingerprint density at radius 3 is 2.50 bits per heavy atom. The van der Waals surface area contributed by atoms with Gasteiger partial charge in [0.25, 0.3) is 5.91 Å². The molecule has 1 atom stereocenters. The summed E-state index contributed by atoms with van der Waals surface area (Å²) in [4.78, 5) is 15.7. The predicted octanol–water partition coefficient (Wildman–Crippen LogP) is 3.16. The van der Waals surface area contributed by atoms with Gasteiger partial charge in [0.15, 0.2) is 0 Å². The highest BCUT2D eigenvalue weighted by Gasteiger charge is 2.16. The van der Waals surface area contributed by atoms with E-state index in [1.165, 1.54) is 0 Å². The number of amides is 1. The Labute approximate surface area is 105 Å². The van der Waals surface area contributed by atoms with Gasteiger partial charge in [-0.25, -0.2) is 4.98 Å². The van der Waals surface area contributed by atoms with Crippen LogP contribution in [0.25, 0.3) is 0 Å². The molecule has 1 aromatic rings. The number of hydrogen-bond donors (Lipinski definition) is 1. The molecule has 0 fully saturated rings. The number of carbonyl (C=O) groups excluding carboxylic acids is 1. The van der Waals surface area contributed by atoms with Crippen molar-refractivity contribution >= 4 is 29.1 Å². The Hall–Kier alpha value is -0.800. The zero-order chi connectivity index (χ0) is 12.3. The van der Waals surface area contributed by atoms with E-state index in [4.69, 9.17) is 23.2 Å². The lowest BCUT2D eigenvalue weighted by Gasteiger charge is -2.17. The molecular weight excluding hydrogens is 247 g/mol. The van der Waals surface area contributed by atoms with E-state index >= 15 is 0 Å². The van der Waals surface area contributed by atoms with Gasteiger partial charge in [-0.1, -0.05) is 37.0 Å². The highest BCUT2D eigenvalue weighted by Crippen LogP contribution is 2.17. The first-order chi connectivity index (χ1) is 7.41. The second-order valence-corrected chi connectivity index (χ2v) is 4.77. The molecule has 1 heterocycles. The molecule has 16 heavy (non-hydrogen) atoms. The van der Waals surface area contributed by atoms with Crippen LogP contribution >= 0.6 is 23.2 Å². The van der Waals surface area contributed by atoms with Gasteiger partial charge in [-0.05, 0) is 25.0 Å². The van der Waals surface area contributed by atoms with Gasteiger partial charge in [0, 0.05) is 6.04 Å². The largest absolute Gasteiger partial charge is 0.348 e. The molecule has 0 aromatic carbocycles. The van der Waals surface area contributed by atoms with E-state index in [1.807, 2.05) is 20.8 Å². The molecule has 0 spiro atoms. The standard InChI is InChI=1S/C11H14Cl2N2O/c1-6(2)7(3)14-11(16)10-8(12)4-5-9(13)15-10/h4-7H,1-3H3,(H,14,16). The summed E-state index contributed by atoms with van der Waals surface area (Å²) in [6.45, 7) is 5.98. The first-order valence-electron chi connectivity index (χ1n) is 5.04. The lowest BCUT2D eigenvalue weighted by atomic mass is 10.1. The Balaban J connectivity index is 2.84. The monoisotopic (exact) mass is 260 g/mol. The molecular formula is C11H14Cl2N2O. The van der Waals surface area contributed by atoms with Crippen molar-refractivity contribution in [2.75, 3.05) is 0 Å². The quantitative estimate of drug-likeness (QED) is 0.849. The topological polar surface area (TPSA) is 42.0 Å². The van der Waals surface area contributed by atoms with Crippen molar-refractivity contribution < 1.29 is 4.79 Å². The first-order valence-corrected chi connectivity index (χ1v) is 5.80. The third-order valence-corrected chi connectivity index (χ3v) is 2.90. The molecule has 88 valence electrons. The fourth-order valence-electron chi connectivity index (χ4n) is 1.02. The van der Waals surface area contributed by atoms with Gasteiger partial charge in [-0.3, -0.25) is 4.79 Å². The number of rotatable bonds is 3. The molecule has 0 aliphatic heterocycles. The molecule has 1 rings (SSSR count). The minimum absolute atomic E-state index is 0.0596. The fourth-order valence-corrected chi connectivity index (χ4v) is 1.36. The summed E-state index contributed by atoms with van der Waals surface area (Å²) < 4.78 is 0. The smallest absolute Gasteiger partial charge is 0.271 e. The maximum absolute atomic E-state index is 11.8. The number of carbonyl (C=O) groups is 1. The molecule has 0 bridgehead atoms. The van der Waals surface area contributed by atoms with Crippen LogP contribution in [-0.2, 0) is 0 Å². The van der Waals surface area contributed by atoms with Gasteiger partial charge >= 0.3 is 0 Å². The Morgan fingerprint density at radius 1 is 1.31 bits per heavy atom. The van der Waals surface area contributed by atoms with Crippen LogP contribution in [-0.4, -0.2) is 16.9 Å². The average molecular weight is 261 g/mol. The van der Waals surface area contributed by atoms with E-state index < -0.39 is 0 Å². The van der Waals surface area contributed by atoms with Gasteiger partial charge in [-0.2, -0.15) is 0 Å². The summed E-state index contributed by atoms with van der Waals surface area (Å²) in [5, 5.41) is 3.38. The zero-order valence-electron chi connectivity index (χ0n) is 9.42. The van der Waals surface area contributed by atoms with Crippen molar-refractivity contribution in [3.63, 3.8) is 0 Å². The van der Waals surface area contributed by atoms with Crippen LogP contribution in [0.1, 0.15) is 31.3 Å². The summed E-state index contributed by atoms with van der Waals surface area (Å²) >= 11 is 11.6. The van der Waals surface area contributed by atoms with E-state index in [-0.39, 0.29) is 22.8 Å². The zero-order valence-corrected chi connectivity index (χ0v) is 10.9. The van der Waals surface area contributed by atoms with Gasteiger partial charge in [0.1, 0.15) is 10.8 Å². The van der Waals surface area contributed by atoms with E-state index in [0.717, 1.165) is 0 Å². The maximum atomic E-state index is 11.8. The normalized spacial score (nSPS) is 12.6. The summed E-state index contributed by atoms with van der Waals surface area (Å²) in [5.74, 6) is 0.0515. The summed E-state index contributed by atoms with van der Waals surface area (Å²) in [5.41, 5.74) is 0.168. The van der Waals surface area contributed by atoms with E-state index in [9.17, 15) is 4.79 Å². The molecule has 1 amide bonds. The van der Waals surface area contributed by atoms with Crippen molar-refractivity contribution in [3.05, 3.63) is 28.0 Å². The summed E-state index contributed by atoms with van der Waals surface area (Å²) in [6.07, 6.45) is 0. The minimum atomic E-state index is -0.297. The van der Waals surface area contributed by atoms with Gasteiger partial charge in [-0.15, -0.1) is 0 Å². The van der Waals surface area contributed by atoms with Crippen LogP contribution in [0, 0.1) is 5.92 Å². The van der Waals surface area contributed by atoms with Gasteiger partial charge in [0.05, 0.1) is 5.02 Å². The molecule has 0 aliphatic carbocycles. The van der Waals surface area contributed by atoms with E-state index in [0.29, 0.717) is 10.9 Å². The number of aromatic nitrogens is 1. The Morgan fingerprint density at radius 2 is 1.94 bits per heavy atom. The molecule has 0 saturated heterocycles. The van der Waals surface area contributed by atoms with Crippen molar-refractivity contribution in [2.24, 2.45) is 5.92 Å². The molecule has 1 aromatic heterocycles. The Bertz CT molecular complexity index is 394. The third-order valence-electron chi connectivity index (χ3n) is 2.39. The predicted molar refractivity (Wildman–Crippen MR) is 66.0 cm³/mol. The molecule has 0 aliphatic rings. The van der Waals surface area contributed by atoms with Crippen molar-refractivity contribution in [2.45, 2.75) is 26.8 Å². The summed E-state index contributed by atoms with van der Waals surface area (Å²) in [6, 6.07) is 3.17. The highest BCUT2D eigenvalue weighted by atomic mass is 35.5. The number of hydrogen-bond acceptors (Lipinski definition) is 2. The van der Waals surface area contributed by atoms with Crippen LogP contribution < -0.4 is 5.32 Å². The molecule has 1 N–H and O–H groups in total. The van der Waals surface area contributed by atoms with Crippen LogP contribution in [0.5, 0.6) is 0 Å². The number of nitrogens with zero attached hydrogens (tertiary/aromatic N) is 1. The maximum Gasteiger partial charge on any atom is 0.271 e. The fraction of sp³-hybridized carbons (Fsp3) is 0.455. The second kappa shape index (κ2) is 5.51. The van der Waals surface area contributed by atoms with E-state index in [2.05, 4.69) is 10.3 Å². The highest BCUT2D eigenvalue weighted by molar-refractivity contribution is 6.34. The second-order valence-electron chi connectivity index (χ2n) is 3.97. The number of pyridine rings is 1. The van der Waals surface area contributed by atoms with Crippen molar-refractivity contribution in [1.82, 2.24) is 10.3 Å². The lowest BCUT2D eigenvalue weighted by Crippen LogP contribution is -2.36. The molecule has 0 saturated carbocycles. The van der Waals surface area contributed by atoms with Gasteiger partial charge in [0.2, 0.25) is 0 Å². The first kappa shape index (κ1) is 13.3. The summed E-state index contributed by atoms with van der Waals surface area (Å²) in [7, 11) is 0. The third kappa shape index (κ3) is 3.35. The molecule has 1 unspecified atom stereocenters. The average Bonchev–Trinajstić information content (AvgIpc) is 2.21. The van der Waals surface area contributed by atoms with Crippen LogP contribution in [0.15, 0.2) is 12.1 Å².